The predicted octanol–water partition coefficient (Wildman–Crippen LogP) is 0.861. The summed E-state index contributed by atoms with van der Waals surface area (Å²) >= 11 is 0. The summed E-state index contributed by atoms with van der Waals surface area (Å²) < 4.78 is 0. The fraction of sp³-hybridized carbons (Fsp3) is 0.571. The molecule has 1 aromatic heterocycles. The molecule has 1 heterocycles. The Hall–Kier alpha value is -0.830. The molecule has 3 nitrogen and oxygen atoms in total. The zero-order valence-electron chi connectivity index (χ0n) is 6.46. The molecular weight excluding hydrogens is 126 g/mol. The molecule has 0 aromatic carbocycles. The molecule has 3 heteroatoms. The summed E-state index contributed by atoms with van der Waals surface area (Å²) in [6, 6.07) is 0. The van der Waals surface area contributed by atoms with Gasteiger partial charge in [0.1, 0.15) is 5.82 Å². The van der Waals surface area contributed by atoms with Crippen molar-refractivity contribution in [1.82, 2.24) is 14.9 Å². The first-order chi connectivity index (χ1) is 4.83. The highest BCUT2D eigenvalue weighted by Gasteiger charge is 1.96. The van der Waals surface area contributed by atoms with Crippen LogP contribution in [0.2, 0.25) is 0 Å². The van der Waals surface area contributed by atoms with E-state index in [0.29, 0.717) is 0 Å². The highest BCUT2D eigenvalue weighted by Crippen LogP contribution is 1.93. The molecular formula is C7H13N3. The maximum atomic E-state index is 4.11. The number of imidazole rings is 1. The van der Waals surface area contributed by atoms with E-state index in [1.165, 1.54) is 0 Å². The lowest BCUT2D eigenvalue weighted by atomic mass is 10.5. The Morgan fingerprint density at radius 1 is 1.70 bits per heavy atom. The first kappa shape index (κ1) is 7.28. The van der Waals surface area contributed by atoms with Crippen molar-refractivity contribution < 1.29 is 0 Å². The van der Waals surface area contributed by atoms with Crippen LogP contribution >= 0.6 is 0 Å². The lowest BCUT2D eigenvalue weighted by molar-refractivity contribution is 0.337. The zero-order valence-corrected chi connectivity index (χ0v) is 6.46. The second-order valence-electron chi connectivity index (χ2n) is 2.37. The molecule has 0 aliphatic carbocycles. The molecule has 0 radical (unpaired) electrons. The van der Waals surface area contributed by atoms with E-state index in [0.717, 1.165) is 18.9 Å². The highest BCUT2D eigenvalue weighted by atomic mass is 15.1. The molecule has 0 saturated heterocycles. The second kappa shape index (κ2) is 3.37. The van der Waals surface area contributed by atoms with Gasteiger partial charge in [-0.15, -0.1) is 0 Å². The number of nitrogens with zero attached hydrogens (tertiary/aromatic N) is 2. The van der Waals surface area contributed by atoms with Gasteiger partial charge in [0.25, 0.3) is 0 Å². The molecule has 1 N–H and O–H groups in total. The number of nitrogens with one attached hydrogen (secondary N) is 1. The topological polar surface area (TPSA) is 31.9 Å². The second-order valence-corrected chi connectivity index (χ2v) is 2.37. The van der Waals surface area contributed by atoms with Crippen LogP contribution in [0, 0.1) is 0 Å². The Labute approximate surface area is 61.1 Å². The van der Waals surface area contributed by atoms with Gasteiger partial charge in [0.05, 0.1) is 6.54 Å². The van der Waals surface area contributed by atoms with E-state index in [9.17, 15) is 0 Å². The van der Waals surface area contributed by atoms with E-state index in [1.54, 1.807) is 6.20 Å². The fourth-order valence-corrected chi connectivity index (χ4v) is 0.752. The number of aromatic nitrogens is 2. The third-order valence-corrected chi connectivity index (χ3v) is 1.51. The van der Waals surface area contributed by atoms with Crippen molar-refractivity contribution in [2.75, 3.05) is 13.6 Å². The molecule has 1 aromatic rings. The molecule has 0 unspecified atom stereocenters. The van der Waals surface area contributed by atoms with E-state index in [4.69, 9.17) is 0 Å². The quantitative estimate of drug-likeness (QED) is 0.673. The van der Waals surface area contributed by atoms with Crippen LogP contribution in [0.3, 0.4) is 0 Å². The van der Waals surface area contributed by atoms with Crippen LogP contribution in [0.5, 0.6) is 0 Å². The molecule has 1 rings (SSSR count). The van der Waals surface area contributed by atoms with Gasteiger partial charge in [-0.25, -0.2) is 4.98 Å². The van der Waals surface area contributed by atoms with E-state index in [-0.39, 0.29) is 0 Å². The standard InChI is InChI=1S/C7H13N3/c1-3-10(2)6-7-8-4-5-9-7/h4-5H,3,6H2,1-2H3,(H,8,9). The van der Waals surface area contributed by atoms with Crippen LogP contribution in [0.1, 0.15) is 12.7 Å². The summed E-state index contributed by atoms with van der Waals surface area (Å²) in [5.74, 6) is 1.03. The average molecular weight is 139 g/mol. The summed E-state index contributed by atoms with van der Waals surface area (Å²) in [4.78, 5) is 9.35. The van der Waals surface area contributed by atoms with Crippen molar-refractivity contribution in [2.45, 2.75) is 13.5 Å². The molecule has 0 saturated carbocycles. The Morgan fingerprint density at radius 3 is 3.00 bits per heavy atom. The predicted molar refractivity (Wildman–Crippen MR) is 40.6 cm³/mol. The number of aromatic amines is 1. The Kier molecular flexibility index (Phi) is 2.45. The number of H-pyrrole nitrogens is 1. The molecule has 0 bridgehead atoms. The third-order valence-electron chi connectivity index (χ3n) is 1.51. The summed E-state index contributed by atoms with van der Waals surface area (Å²) in [5.41, 5.74) is 0. The van der Waals surface area contributed by atoms with E-state index < -0.39 is 0 Å². The van der Waals surface area contributed by atoms with Gasteiger partial charge in [-0.05, 0) is 13.6 Å². The van der Waals surface area contributed by atoms with Gasteiger partial charge < -0.3 is 4.98 Å². The van der Waals surface area contributed by atoms with Gasteiger partial charge in [0.15, 0.2) is 0 Å². The summed E-state index contributed by atoms with van der Waals surface area (Å²) in [6.07, 6.45) is 3.62. The van der Waals surface area contributed by atoms with Gasteiger partial charge in [-0.1, -0.05) is 6.92 Å². The molecule has 10 heavy (non-hydrogen) atoms. The average Bonchev–Trinajstić information content (AvgIpc) is 2.40. The smallest absolute Gasteiger partial charge is 0.120 e. The third kappa shape index (κ3) is 1.84. The van der Waals surface area contributed by atoms with Gasteiger partial charge in [0, 0.05) is 12.4 Å². The summed E-state index contributed by atoms with van der Waals surface area (Å²) in [5, 5.41) is 0. The normalized spacial score (nSPS) is 10.7. The van der Waals surface area contributed by atoms with Crippen molar-refractivity contribution in [3.05, 3.63) is 18.2 Å². The summed E-state index contributed by atoms with van der Waals surface area (Å²) in [7, 11) is 2.07. The molecule has 0 amide bonds. The molecule has 0 aliphatic rings. The minimum Gasteiger partial charge on any atom is -0.348 e. The van der Waals surface area contributed by atoms with Gasteiger partial charge >= 0.3 is 0 Å². The van der Waals surface area contributed by atoms with Crippen molar-refractivity contribution in [2.24, 2.45) is 0 Å². The number of hydrogen-bond donors (Lipinski definition) is 1. The maximum Gasteiger partial charge on any atom is 0.120 e. The fourth-order valence-electron chi connectivity index (χ4n) is 0.752. The molecule has 0 fully saturated rings. The van der Waals surface area contributed by atoms with Gasteiger partial charge in [-0.2, -0.15) is 0 Å². The lowest BCUT2D eigenvalue weighted by Crippen LogP contribution is -2.17. The Morgan fingerprint density at radius 2 is 2.50 bits per heavy atom. The molecule has 56 valence electrons. The van der Waals surface area contributed by atoms with E-state index in [1.807, 2.05) is 6.20 Å². The van der Waals surface area contributed by atoms with Gasteiger partial charge in [-0.3, -0.25) is 4.90 Å². The number of rotatable bonds is 3. The van der Waals surface area contributed by atoms with Crippen LogP contribution in [0.25, 0.3) is 0 Å². The van der Waals surface area contributed by atoms with E-state index in [2.05, 4.69) is 28.8 Å². The monoisotopic (exact) mass is 139 g/mol. The molecule has 0 aliphatic heterocycles. The number of hydrogen-bond acceptors (Lipinski definition) is 2. The van der Waals surface area contributed by atoms with Crippen molar-refractivity contribution in [3.63, 3.8) is 0 Å². The van der Waals surface area contributed by atoms with Crippen LogP contribution < -0.4 is 0 Å². The Balaban J connectivity index is 2.40. The van der Waals surface area contributed by atoms with Crippen LogP contribution in [-0.2, 0) is 6.54 Å². The van der Waals surface area contributed by atoms with Crippen LogP contribution in [0.15, 0.2) is 12.4 Å². The van der Waals surface area contributed by atoms with Crippen LogP contribution in [0.4, 0.5) is 0 Å². The molecule has 0 spiro atoms. The Bertz CT molecular complexity index is 169. The van der Waals surface area contributed by atoms with Crippen molar-refractivity contribution in [1.29, 1.82) is 0 Å². The lowest BCUT2D eigenvalue weighted by Gasteiger charge is -2.10. The first-order valence-corrected chi connectivity index (χ1v) is 3.49. The van der Waals surface area contributed by atoms with Crippen molar-refractivity contribution in [3.8, 4) is 0 Å². The summed E-state index contributed by atoms with van der Waals surface area (Å²) in [6.45, 7) is 4.09. The first-order valence-electron chi connectivity index (χ1n) is 3.49. The van der Waals surface area contributed by atoms with Gasteiger partial charge in [0.2, 0.25) is 0 Å². The zero-order chi connectivity index (χ0) is 7.40. The SMILES string of the molecule is CCN(C)Cc1ncc[nH]1. The minimum atomic E-state index is 0.906. The van der Waals surface area contributed by atoms with E-state index >= 15 is 0 Å². The minimum absolute atomic E-state index is 0.906. The van der Waals surface area contributed by atoms with Crippen LogP contribution in [-0.4, -0.2) is 28.5 Å². The van der Waals surface area contributed by atoms with Crippen molar-refractivity contribution >= 4 is 0 Å². The highest BCUT2D eigenvalue weighted by molar-refractivity contribution is 4.85. The maximum absolute atomic E-state index is 4.11. The largest absolute Gasteiger partial charge is 0.348 e. The molecule has 0 atom stereocenters.